The summed E-state index contributed by atoms with van der Waals surface area (Å²) in [6.45, 7) is 13.4. The van der Waals surface area contributed by atoms with Crippen molar-refractivity contribution < 1.29 is 0 Å². The molecule has 1 aliphatic rings. The Kier molecular flexibility index (Phi) is 4.89. The number of benzene rings is 1. The van der Waals surface area contributed by atoms with Gasteiger partial charge in [0.1, 0.15) is 0 Å². The molecule has 22 heavy (non-hydrogen) atoms. The van der Waals surface area contributed by atoms with Crippen molar-refractivity contribution >= 4 is 31.8 Å². The highest BCUT2D eigenvalue weighted by atomic mass is 79.9. The Bertz CT molecular complexity index is 636. The third-order valence-corrected chi connectivity index (χ3v) is 8.16. The van der Waals surface area contributed by atoms with E-state index in [-0.39, 0.29) is 0 Å². The first-order valence-corrected chi connectivity index (χ1v) is 11.0. The van der Waals surface area contributed by atoms with Gasteiger partial charge in [0.2, 0.25) is 0 Å². The normalized spacial score (nSPS) is 17.5. The van der Waals surface area contributed by atoms with Crippen molar-refractivity contribution in [3.8, 4) is 0 Å². The summed E-state index contributed by atoms with van der Waals surface area (Å²) in [7, 11) is -1.03. The highest BCUT2D eigenvalue weighted by molar-refractivity contribution is 9.10. The van der Waals surface area contributed by atoms with Gasteiger partial charge in [-0.05, 0) is 98.3 Å². The molecule has 0 heterocycles. The van der Waals surface area contributed by atoms with Crippen LogP contribution in [0.3, 0.4) is 0 Å². The number of halogens is 1. The summed E-state index contributed by atoms with van der Waals surface area (Å²) in [4.78, 5) is 0. The molecule has 0 bridgehead atoms. The molecule has 3 heteroatoms. The molecule has 0 saturated carbocycles. The summed E-state index contributed by atoms with van der Waals surface area (Å²) >= 11 is 3.74. The molecule has 0 atom stereocenters. The highest BCUT2D eigenvalue weighted by Gasteiger charge is 2.34. The molecule has 2 rings (SSSR count). The number of hydrogen-bond donors (Lipinski definition) is 1. The molecule has 0 amide bonds. The molecule has 1 aliphatic carbocycles. The van der Waals surface area contributed by atoms with Gasteiger partial charge in [0.25, 0.3) is 0 Å². The Morgan fingerprint density at radius 3 is 1.86 bits per heavy atom. The van der Waals surface area contributed by atoms with Crippen LogP contribution in [0, 0.1) is 13.8 Å². The van der Waals surface area contributed by atoms with Crippen LogP contribution < -0.4 is 4.72 Å². The first-order valence-electron chi connectivity index (χ1n) is 7.68. The zero-order valence-electron chi connectivity index (χ0n) is 15.0. The Labute approximate surface area is 145 Å². The zero-order valence-corrected chi connectivity index (χ0v) is 17.4. The fraction of sp³-hybridized carbons (Fsp3) is 0.474. The average Bonchev–Trinajstić information content (AvgIpc) is 2.58. The van der Waals surface area contributed by atoms with Gasteiger partial charge in [-0.1, -0.05) is 17.2 Å². The van der Waals surface area contributed by atoms with E-state index in [1.807, 2.05) is 0 Å². The Hall–Kier alpha value is -0.670. The van der Waals surface area contributed by atoms with Gasteiger partial charge < -0.3 is 4.72 Å². The van der Waals surface area contributed by atoms with Gasteiger partial charge in [0.05, 0.1) is 5.69 Å². The van der Waals surface area contributed by atoms with E-state index in [9.17, 15) is 0 Å². The largest absolute Gasteiger partial charge is 0.346 e. The van der Waals surface area contributed by atoms with Crippen molar-refractivity contribution in [2.45, 2.75) is 46.8 Å². The van der Waals surface area contributed by atoms with Crippen molar-refractivity contribution in [3.05, 3.63) is 50.0 Å². The SMILES string of the molecule is CC1=C(C)C(S(C)(C)Nc2c(C)cc(C)cc2Br)C(C)=C1C. The number of nitrogens with one attached hydrogen (secondary N) is 1. The molecule has 0 fully saturated rings. The van der Waals surface area contributed by atoms with Gasteiger partial charge in [-0.3, -0.25) is 0 Å². The van der Waals surface area contributed by atoms with E-state index in [0.717, 1.165) is 0 Å². The predicted octanol–water partition coefficient (Wildman–Crippen LogP) is 6.51. The second kappa shape index (κ2) is 6.09. The van der Waals surface area contributed by atoms with E-state index in [2.05, 4.69) is 86.8 Å². The average molecular weight is 382 g/mol. The van der Waals surface area contributed by atoms with Crippen molar-refractivity contribution in [1.29, 1.82) is 0 Å². The lowest BCUT2D eigenvalue weighted by molar-refractivity contribution is 1.14. The maximum absolute atomic E-state index is 3.89. The number of hydrogen-bond acceptors (Lipinski definition) is 1. The summed E-state index contributed by atoms with van der Waals surface area (Å²) < 4.78 is 5.06. The van der Waals surface area contributed by atoms with E-state index >= 15 is 0 Å². The summed E-state index contributed by atoms with van der Waals surface area (Å²) in [6.07, 6.45) is 4.78. The topological polar surface area (TPSA) is 12.0 Å². The minimum Gasteiger partial charge on any atom is -0.346 e. The van der Waals surface area contributed by atoms with Gasteiger partial charge in [0.15, 0.2) is 0 Å². The van der Waals surface area contributed by atoms with Crippen LogP contribution in [0.5, 0.6) is 0 Å². The lowest BCUT2D eigenvalue weighted by atomic mass is 10.1. The summed E-state index contributed by atoms with van der Waals surface area (Å²) in [6, 6.07) is 4.44. The molecule has 0 unspecified atom stereocenters. The van der Waals surface area contributed by atoms with E-state index < -0.39 is 10.2 Å². The van der Waals surface area contributed by atoms with Crippen molar-refractivity contribution in [2.75, 3.05) is 17.2 Å². The van der Waals surface area contributed by atoms with Crippen LogP contribution in [-0.2, 0) is 0 Å². The minimum absolute atomic E-state index is 0.528. The first-order chi connectivity index (χ1) is 10.1. The van der Waals surface area contributed by atoms with E-state index in [1.54, 1.807) is 0 Å². The summed E-state index contributed by atoms with van der Waals surface area (Å²) in [5, 5.41) is 0.528. The highest BCUT2D eigenvalue weighted by Crippen LogP contribution is 2.56. The lowest BCUT2D eigenvalue weighted by Crippen LogP contribution is -2.24. The second-order valence-corrected chi connectivity index (χ2v) is 11.3. The second-order valence-electron chi connectivity index (χ2n) is 6.94. The van der Waals surface area contributed by atoms with E-state index in [1.165, 1.54) is 43.6 Å². The molecule has 0 aromatic heterocycles. The Morgan fingerprint density at radius 2 is 1.41 bits per heavy atom. The summed E-state index contributed by atoms with van der Waals surface area (Å²) in [5.74, 6) is 0. The van der Waals surface area contributed by atoms with Crippen LogP contribution in [-0.4, -0.2) is 17.8 Å². The van der Waals surface area contributed by atoms with E-state index in [4.69, 9.17) is 0 Å². The fourth-order valence-electron chi connectivity index (χ4n) is 3.56. The molecular weight excluding hydrogens is 354 g/mol. The maximum Gasteiger partial charge on any atom is 0.0600 e. The molecule has 0 saturated heterocycles. The third-order valence-electron chi connectivity index (χ3n) is 4.92. The van der Waals surface area contributed by atoms with Crippen molar-refractivity contribution in [2.24, 2.45) is 0 Å². The van der Waals surface area contributed by atoms with Gasteiger partial charge in [-0.15, -0.1) is 0 Å². The molecule has 0 radical (unpaired) electrons. The van der Waals surface area contributed by atoms with E-state index in [0.29, 0.717) is 5.25 Å². The van der Waals surface area contributed by atoms with Crippen LogP contribution in [0.1, 0.15) is 38.8 Å². The number of aryl methyl sites for hydroxylation is 2. The van der Waals surface area contributed by atoms with Gasteiger partial charge in [-0.2, -0.15) is 10.2 Å². The van der Waals surface area contributed by atoms with Crippen LogP contribution in [0.15, 0.2) is 38.9 Å². The monoisotopic (exact) mass is 381 g/mol. The molecule has 0 spiro atoms. The number of rotatable bonds is 3. The molecule has 122 valence electrons. The maximum atomic E-state index is 3.89. The number of allylic oxidation sites excluding steroid dienone is 2. The molecule has 1 nitrogen and oxygen atoms in total. The molecule has 1 N–H and O–H groups in total. The lowest BCUT2D eigenvalue weighted by Gasteiger charge is -2.42. The zero-order chi connectivity index (χ0) is 16.8. The molecular formula is C19H28BrNS. The number of anilines is 1. The first kappa shape index (κ1) is 17.7. The minimum atomic E-state index is -1.03. The molecule has 1 aromatic carbocycles. The van der Waals surface area contributed by atoms with Crippen molar-refractivity contribution in [3.63, 3.8) is 0 Å². The summed E-state index contributed by atoms with van der Waals surface area (Å²) in [5.41, 5.74) is 9.86. The molecule has 0 aliphatic heterocycles. The van der Waals surface area contributed by atoms with Crippen LogP contribution >= 0.6 is 26.1 Å². The van der Waals surface area contributed by atoms with Crippen molar-refractivity contribution in [1.82, 2.24) is 0 Å². The van der Waals surface area contributed by atoms with Crippen LogP contribution in [0.25, 0.3) is 0 Å². The van der Waals surface area contributed by atoms with Crippen LogP contribution in [0.2, 0.25) is 0 Å². The fourth-order valence-corrected chi connectivity index (χ4v) is 7.50. The Balaban J connectivity index is 2.42. The van der Waals surface area contributed by atoms with Gasteiger partial charge >= 0.3 is 0 Å². The van der Waals surface area contributed by atoms with Gasteiger partial charge in [-0.25, -0.2) is 0 Å². The van der Waals surface area contributed by atoms with Crippen LogP contribution in [0.4, 0.5) is 5.69 Å². The Morgan fingerprint density at radius 1 is 0.909 bits per heavy atom. The predicted molar refractivity (Wildman–Crippen MR) is 107 cm³/mol. The third kappa shape index (κ3) is 3.03. The standard InChI is InChI=1S/C19H28BrNS/c1-11-9-12(2)18(17(20)10-11)21-22(7,8)19-15(5)13(3)14(4)16(19)6/h9-10,19,21H,1-8H3. The van der Waals surface area contributed by atoms with Gasteiger partial charge in [0, 0.05) is 9.72 Å². The molecule has 1 aromatic rings. The quantitative estimate of drug-likeness (QED) is 0.628. The smallest absolute Gasteiger partial charge is 0.0600 e.